The van der Waals surface area contributed by atoms with Gasteiger partial charge in [-0.1, -0.05) is 18.9 Å². The zero-order chi connectivity index (χ0) is 9.53. The van der Waals surface area contributed by atoms with Crippen LogP contribution in [0.5, 0.6) is 0 Å². The van der Waals surface area contributed by atoms with Crippen LogP contribution in [0.3, 0.4) is 0 Å². The lowest BCUT2D eigenvalue weighted by atomic mass is 9.71. The molecule has 2 rings (SSSR count). The zero-order valence-electron chi connectivity index (χ0n) is 8.47. The Bertz CT molecular complexity index is 240. The van der Waals surface area contributed by atoms with Crippen molar-refractivity contribution in [3.8, 4) is 0 Å². The lowest BCUT2D eigenvalue weighted by Gasteiger charge is -2.39. The average Bonchev–Trinajstić information content (AvgIpc) is 2.91. The van der Waals surface area contributed by atoms with Crippen LogP contribution in [-0.2, 0) is 4.74 Å². The fraction of sp³-hybridized carbons (Fsp3) is 0.818. The molecule has 1 saturated heterocycles. The third kappa shape index (κ3) is 1.16. The molecule has 0 aromatic heterocycles. The van der Waals surface area contributed by atoms with Crippen molar-refractivity contribution in [2.75, 3.05) is 6.61 Å². The van der Waals surface area contributed by atoms with E-state index in [0.717, 1.165) is 31.4 Å². The van der Waals surface area contributed by atoms with E-state index < -0.39 is 5.60 Å². The SMILES string of the molecule is C/C=C(\C)C1(O)CCCCC12CO2. The fourth-order valence-corrected chi connectivity index (χ4v) is 2.49. The molecule has 1 saturated carbocycles. The van der Waals surface area contributed by atoms with Crippen molar-refractivity contribution in [1.29, 1.82) is 0 Å². The van der Waals surface area contributed by atoms with Crippen molar-refractivity contribution < 1.29 is 9.84 Å². The van der Waals surface area contributed by atoms with E-state index in [1.165, 1.54) is 6.42 Å². The zero-order valence-corrected chi connectivity index (χ0v) is 8.47. The van der Waals surface area contributed by atoms with Gasteiger partial charge in [-0.25, -0.2) is 0 Å². The molecule has 2 fully saturated rings. The second-order valence-corrected chi connectivity index (χ2v) is 4.32. The highest BCUT2D eigenvalue weighted by atomic mass is 16.6. The van der Waals surface area contributed by atoms with E-state index in [4.69, 9.17) is 4.74 Å². The van der Waals surface area contributed by atoms with Gasteiger partial charge in [0, 0.05) is 0 Å². The van der Waals surface area contributed by atoms with Crippen molar-refractivity contribution in [3.05, 3.63) is 11.6 Å². The monoisotopic (exact) mass is 182 g/mol. The molecule has 2 atom stereocenters. The van der Waals surface area contributed by atoms with Gasteiger partial charge in [-0.05, 0) is 32.3 Å². The van der Waals surface area contributed by atoms with Crippen LogP contribution in [0.2, 0.25) is 0 Å². The van der Waals surface area contributed by atoms with Crippen LogP contribution in [0, 0.1) is 0 Å². The predicted octanol–water partition coefficient (Wildman–Crippen LogP) is 2.03. The van der Waals surface area contributed by atoms with Gasteiger partial charge in [-0.15, -0.1) is 0 Å². The summed E-state index contributed by atoms with van der Waals surface area (Å²) < 4.78 is 5.48. The minimum atomic E-state index is -0.667. The molecule has 74 valence electrons. The molecule has 2 unspecified atom stereocenters. The summed E-state index contributed by atoms with van der Waals surface area (Å²) in [6.07, 6.45) is 6.21. The topological polar surface area (TPSA) is 32.8 Å². The Balaban J connectivity index is 2.28. The van der Waals surface area contributed by atoms with E-state index in [1.807, 2.05) is 19.9 Å². The van der Waals surface area contributed by atoms with Crippen molar-refractivity contribution in [1.82, 2.24) is 0 Å². The van der Waals surface area contributed by atoms with Gasteiger partial charge in [0.05, 0.1) is 6.61 Å². The Morgan fingerprint density at radius 2 is 2.00 bits per heavy atom. The van der Waals surface area contributed by atoms with Gasteiger partial charge in [0.1, 0.15) is 11.2 Å². The van der Waals surface area contributed by atoms with Crippen molar-refractivity contribution in [2.45, 2.75) is 50.7 Å². The quantitative estimate of drug-likeness (QED) is 0.497. The summed E-state index contributed by atoms with van der Waals surface area (Å²) >= 11 is 0. The lowest BCUT2D eigenvalue weighted by molar-refractivity contribution is -0.0357. The first-order valence-corrected chi connectivity index (χ1v) is 5.14. The molecule has 13 heavy (non-hydrogen) atoms. The van der Waals surface area contributed by atoms with Crippen molar-refractivity contribution in [2.24, 2.45) is 0 Å². The van der Waals surface area contributed by atoms with Crippen LogP contribution in [0.1, 0.15) is 39.5 Å². The third-order valence-electron chi connectivity index (χ3n) is 3.70. The van der Waals surface area contributed by atoms with Gasteiger partial charge in [-0.2, -0.15) is 0 Å². The second-order valence-electron chi connectivity index (χ2n) is 4.32. The number of allylic oxidation sites excluding steroid dienone is 1. The maximum Gasteiger partial charge on any atom is 0.124 e. The lowest BCUT2D eigenvalue weighted by Crippen LogP contribution is -2.49. The van der Waals surface area contributed by atoms with Gasteiger partial charge in [0.25, 0.3) is 0 Å². The molecule has 1 aliphatic carbocycles. The molecule has 2 heteroatoms. The number of ether oxygens (including phenoxy) is 1. The van der Waals surface area contributed by atoms with Gasteiger partial charge in [0.2, 0.25) is 0 Å². The Hall–Kier alpha value is -0.340. The first kappa shape index (κ1) is 9.22. The molecule has 1 heterocycles. The number of hydrogen-bond acceptors (Lipinski definition) is 2. The molecular weight excluding hydrogens is 164 g/mol. The Morgan fingerprint density at radius 3 is 2.54 bits per heavy atom. The van der Waals surface area contributed by atoms with Crippen LogP contribution < -0.4 is 0 Å². The van der Waals surface area contributed by atoms with E-state index in [9.17, 15) is 5.11 Å². The highest BCUT2D eigenvalue weighted by Gasteiger charge is 2.62. The Kier molecular flexibility index (Phi) is 2.00. The second kappa shape index (κ2) is 2.82. The summed E-state index contributed by atoms with van der Waals surface area (Å²) in [4.78, 5) is 0. The minimum absolute atomic E-state index is 0.207. The third-order valence-corrected chi connectivity index (χ3v) is 3.70. The van der Waals surface area contributed by atoms with Crippen LogP contribution in [0.4, 0.5) is 0 Å². The fourth-order valence-electron chi connectivity index (χ4n) is 2.49. The molecule has 2 aliphatic rings. The molecule has 0 radical (unpaired) electrons. The van der Waals surface area contributed by atoms with E-state index in [-0.39, 0.29) is 5.60 Å². The van der Waals surface area contributed by atoms with E-state index >= 15 is 0 Å². The summed E-state index contributed by atoms with van der Waals surface area (Å²) in [5.74, 6) is 0. The van der Waals surface area contributed by atoms with E-state index in [1.54, 1.807) is 0 Å². The minimum Gasteiger partial charge on any atom is -0.382 e. The van der Waals surface area contributed by atoms with Gasteiger partial charge in [-0.3, -0.25) is 0 Å². The number of rotatable bonds is 1. The van der Waals surface area contributed by atoms with E-state index in [2.05, 4.69) is 0 Å². The van der Waals surface area contributed by atoms with Crippen LogP contribution in [0.15, 0.2) is 11.6 Å². The summed E-state index contributed by atoms with van der Waals surface area (Å²) in [5.41, 5.74) is 0.201. The van der Waals surface area contributed by atoms with Crippen LogP contribution in [-0.4, -0.2) is 22.9 Å². The maximum absolute atomic E-state index is 10.5. The molecule has 1 spiro atoms. The highest BCUT2D eigenvalue weighted by Crippen LogP contribution is 2.51. The number of aliphatic hydroxyl groups is 1. The average molecular weight is 182 g/mol. The van der Waals surface area contributed by atoms with Crippen molar-refractivity contribution >= 4 is 0 Å². The van der Waals surface area contributed by atoms with Crippen LogP contribution in [0.25, 0.3) is 0 Å². The normalized spacial score (nSPS) is 45.3. The molecule has 2 nitrogen and oxygen atoms in total. The smallest absolute Gasteiger partial charge is 0.124 e. The Labute approximate surface area is 79.6 Å². The summed E-state index contributed by atoms with van der Waals surface area (Å²) in [6.45, 7) is 4.74. The number of epoxide rings is 1. The van der Waals surface area contributed by atoms with Gasteiger partial charge >= 0.3 is 0 Å². The molecule has 0 bridgehead atoms. The molecule has 1 N–H and O–H groups in total. The number of hydrogen-bond donors (Lipinski definition) is 1. The summed E-state index contributed by atoms with van der Waals surface area (Å²) in [6, 6.07) is 0. The molecule has 0 amide bonds. The highest BCUT2D eigenvalue weighted by molar-refractivity contribution is 5.27. The largest absolute Gasteiger partial charge is 0.382 e. The summed E-state index contributed by atoms with van der Waals surface area (Å²) in [5, 5.41) is 10.5. The molecular formula is C11H18O2. The molecule has 1 aliphatic heterocycles. The molecule has 0 aromatic carbocycles. The predicted molar refractivity (Wildman–Crippen MR) is 51.5 cm³/mol. The van der Waals surface area contributed by atoms with Gasteiger partial charge < -0.3 is 9.84 Å². The van der Waals surface area contributed by atoms with Crippen LogP contribution >= 0.6 is 0 Å². The maximum atomic E-state index is 10.5. The standard InChI is InChI=1S/C11H18O2/c1-3-9(2)11(12)7-5-4-6-10(11)8-13-10/h3,12H,4-8H2,1-2H3/b9-3+. The summed E-state index contributed by atoms with van der Waals surface area (Å²) in [7, 11) is 0. The first-order chi connectivity index (χ1) is 6.15. The Morgan fingerprint density at radius 1 is 1.38 bits per heavy atom. The van der Waals surface area contributed by atoms with Crippen molar-refractivity contribution in [3.63, 3.8) is 0 Å². The van der Waals surface area contributed by atoms with E-state index in [0.29, 0.717) is 0 Å². The molecule has 0 aromatic rings. The first-order valence-electron chi connectivity index (χ1n) is 5.14. The van der Waals surface area contributed by atoms with Gasteiger partial charge in [0.15, 0.2) is 0 Å².